The van der Waals surface area contributed by atoms with E-state index in [1.165, 1.54) is 0 Å². The van der Waals surface area contributed by atoms with Crippen LogP contribution in [0.1, 0.15) is 23.8 Å². The zero-order chi connectivity index (χ0) is 14.4. The van der Waals surface area contributed by atoms with Crippen LogP contribution in [-0.2, 0) is 0 Å². The molecule has 0 spiro atoms. The molecule has 1 aromatic carbocycles. The van der Waals surface area contributed by atoms with E-state index < -0.39 is 0 Å². The summed E-state index contributed by atoms with van der Waals surface area (Å²) in [6.07, 6.45) is 2.45. The molecule has 0 aliphatic carbocycles. The number of carbonyl (C=O) groups excluding carboxylic acids is 1. The molecule has 0 aliphatic heterocycles. The molecule has 0 bridgehead atoms. The smallest absolute Gasteiger partial charge is 0.270 e. The van der Waals surface area contributed by atoms with Gasteiger partial charge in [-0.25, -0.2) is 9.97 Å². The Kier molecular flexibility index (Phi) is 5.06. The zero-order valence-electron chi connectivity index (χ0n) is 11.1. The molecule has 1 amide bonds. The molecule has 0 saturated carbocycles. The zero-order valence-corrected chi connectivity index (χ0v) is 12.6. The second-order valence-corrected chi connectivity index (χ2v) is 5.07. The lowest BCUT2D eigenvalue weighted by Gasteiger charge is -2.07. The van der Waals surface area contributed by atoms with E-state index in [1.807, 2.05) is 31.2 Å². The third-order valence-corrected chi connectivity index (χ3v) is 3.00. The summed E-state index contributed by atoms with van der Waals surface area (Å²) in [5.41, 5.74) is 1.21. The first-order chi connectivity index (χ1) is 9.69. The van der Waals surface area contributed by atoms with Gasteiger partial charge in [-0.15, -0.1) is 0 Å². The number of hydrogen-bond acceptors (Lipinski definition) is 4. The molecule has 20 heavy (non-hydrogen) atoms. The summed E-state index contributed by atoms with van der Waals surface area (Å²) in [4.78, 5) is 20.1. The van der Waals surface area contributed by atoms with E-state index in [1.54, 1.807) is 12.3 Å². The predicted octanol–water partition coefficient (Wildman–Crippen LogP) is 3.12. The Morgan fingerprint density at radius 1 is 1.35 bits per heavy atom. The van der Waals surface area contributed by atoms with Crippen LogP contribution in [0.4, 0.5) is 11.6 Å². The molecule has 2 N–H and O–H groups in total. The molecule has 0 unspecified atom stereocenters. The fourth-order valence-electron chi connectivity index (χ4n) is 1.57. The second-order valence-electron chi connectivity index (χ2n) is 4.16. The van der Waals surface area contributed by atoms with Crippen molar-refractivity contribution in [3.05, 3.63) is 46.7 Å². The fourth-order valence-corrected chi connectivity index (χ4v) is 1.97. The van der Waals surface area contributed by atoms with Crippen LogP contribution in [0.25, 0.3) is 0 Å². The Balaban J connectivity index is 2.11. The lowest BCUT2D eigenvalue weighted by Crippen LogP contribution is -2.25. The second kappa shape index (κ2) is 7.00. The number of nitrogens with zero attached hydrogens (tertiary/aromatic N) is 2. The van der Waals surface area contributed by atoms with E-state index in [-0.39, 0.29) is 5.91 Å². The maximum atomic E-state index is 11.8. The highest BCUT2D eigenvalue weighted by atomic mass is 79.9. The number of hydrogen-bond donors (Lipinski definition) is 2. The lowest BCUT2D eigenvalue weighted by atomic mass is 10.3. The summed E-state index contributed by atoms with van der Waals surface area (Å²) < 4.78 is 0.958. The summed E-state index contributed by atoms with van der Waals surface area (Å²) in [7, 11) is 0. The molecule has 0 fully saturated rings. The molecule has 0 saturated heterocycles. The minimum Gasteiger partial charge on any atom is -0.351 e. The third kappa shape index (κ3) is 4.03. The number of aromatic nitrogens is 2. The Morgan fingerprint density at radius 2 is 2.20 bits per heavy atom. The van der Waals surface area contributed by atoms with Gasteiger partial charge in [-0.05, 0) is 30.7 Å². The van der Waals surface area contributed by atoms with E-state index in [9.17, 15) is 4.79 Å². The van der Waals surface area contributed by atoms with E-state index >= 15 is 0 Å². The van der Waals surface area contributed by atoms with Crippen molar-refractivity contribution in [1.29, 1.82) is 0 Å². The summed E-state index contributed by atoms with van der Waals surface area (Å²) in [5, 5.41) is 5.85. The number of carbonyl (C=O) groups is 1. The van der Waals surface area contributed by atoms with Gasteiger partial charge in [0.05, 0.1) is 0 Å². The number of amides is 1. The SMILES string of the molecule is CCCNC(=O)c1ccnc(Nc2cccc(Br)c2)n1. The Hall–Kier alpha value is -1.95. The number of halogens is 1. The lowest BCUT2D eigenvalue weighted by molar-refractivity contribution is 0.0948. The first kappa shape index (κ1) is 14.5. The van der Waals surface area contributed by atoms with Gasteiger partial charge in [0.15, 0.2) is 0 Å². The minimum atomic E-state index is -0.188. The molecule has 1 aromatic heterocycles. The van der Waals surface area contributed by atoms with Crippen molar-refractivity contribution in [3.8, 4) is 0 Å². The third-order valence-electron chi connectivity index (χ3n) is 2.50. The van der Waals surface area contributed by atoms with Gasteiger partial charge in [-0.3, -0.25) is 4.79 Å². The van der Waals surface area contributed by atoms with Crippen molar-refractivity contribution in [2.24, 2.45) is 0 Å². The van der Waals surface area contributed by atoms with Gasteiger partial charge < -0.3 is 10.6 Å². The van der Waals surface area contributed by atoms with E-state index in [4.69, 9.17) is 0 Å². The highest BCUT2D eigenvalue weighted by molar-refractivity contribution is 9.10. The van der Waals surface area contributed by atoms with Crippen LogP contribution in [0.2, 0.25) is 0 Å². The van der Waals surface area contributed by atoms with Gasteiger partial charge in [0, 0.05) is 22.9 Å². The minimum absolute atomic E-state index is 0.188. The topological polar surface area (TPSA) is 66.9 Å². The van der Waals surface area contributed by atoms with Gasteiger partial charge in [-0.1, -0.05) is 28.9 Å². The number of rotatable bonds is 5. The summed E-state index contributed by atoms with van der Waals surface area (Å²) >= 11 is 3.40. The predicted molar refractivity (Wildman–Crippen MR) is 82.1 cm³/mol. The number of nitrogens with one attached hydrogen (secondary N) is 2. The maximum absolute atomic E-state index is 11.8. The van der Waals surface area contributed by atoms with Crippen molar-refractivity contribution in [1.82, 2.24) is 15.3 Å². The van der Waals surface area contributed by atoms with Crippen LogP contribution in [0, 0.1) is 0 Å². The van der Waals surface area contributed by atoms with Crippen LogP contribution in [0.15, 0.2) is 41.0 Å². The Labute approximate surface area is 126 Å². The molecule has 0 aliphatic rings. The highest BCUT2D eigenvalue weighted by Gasteiger charge is 2.08. The summed E-state index contributed by atoms with van der Waals surface area (Å²) in [5.74, 6) is 0.207. The van der Waals surface area contributed by atoms with Gasteiger partial charge >= 0.3 is 0 Å². The normalized spacial score (nSPS) is 10.1. The molecule has 0 radical (unpaired) electrons. The van der Waals surface area contributed by atoms with Crippen molar-refractivity contribution in [2.45, 2.75) is 13.3 Å². The van der Waals surface area contributed by atoms with Crippen LogP contribution in [0.5, 0.6) is 0 Å². The number of anilines is 2. The van der Waals surface area contributed by atoms with E-state index in [0.29, 0.717) is 18.2 Å². The van der Waals surface area contributed by atoms with Gasteiger partial charge in [-0.2, -0.15) is 0 Å². The van der Waals surface area contributed by atoms with Gasteiger partial charge in [0.25, 0.3) is 5.91 Å². The van der Waals surface area contributed by atoms with Crippen LogP contribution in [0.3, 0.4) is 0 Å². The molecule has 2 rings (SSSR count). The van der Waals surface area contributed by atoms with Crippen molar-refractivity contribution >= 4 is 33.5 Å². The van der Waals surface area contributed by atoms with E-state index in [2.05, 4.69) is 36.5 Å². The molecule has 104 valence electrons. The van der Waals surface area contributed by atoms with Crippen LogP contribution >= 0.6 is 15.9 Å². The van der Waals surface area contributed by atoms with Crippen molar-refractivity contribution in [2.75, 3.05) is 11.9 Å². The van der Waals surface area contributed by atoms with Crippen molar-refractivity contribution in [3.63, 3.8) is 0 Å². The molecule has 1 heterocycles. The molecule has 5 nitrogen and oxygen atoms in total. The fraction of sp³-hybridized carbons (Fsp3) is 0.214. The summed E-state index contributed by atoms with van der Waals surface area (Å²) in [6.45, 7) is 2.64. The van der Waals surface area contributed by atoms with Gasteiger partial charge in [0.2, 0.25) is 5.95 Å². The monoisotopic (exact) mass is 334 g/mol. The molecule has 0 atom stereocenters. The van der Waals surface area contributed by atoms with Gasteiger partial charge in [0.1, 0.15) is 5.69 Å². The first-order valence-electron chi connectivity index (χ1n) is 6.33. The maximum Gasteiger partial charge on any atom is 0.270 e. The average Bonchev–Trinajstić information content (AvgIpc) is 2.45. The molecule has 2 aromatic rings. The van der Waals surface area contributed by atoms with Crippen LogP contribution in [-0.4, -0.2) is 22.4 Å². The standard InChI is InChI=1S/C14H15BrN4O/c1-2-7-16-13(20)12-6-8-17-14(19-12)18-11-5-3-4-10(15)9-11/h3-6,8-9H,2,7H2,1H3,(H,16,20)(H,17,18,19). The summed E-state index contributed by atoms with van der Waals surface area (Å²) in [6, 6.07) is 9.24. The van der Waals surface area contributed by atoms with E-state index in [0.717, 1.165) is 16.6 Å². The highest BCUT2D eigenvalue weighted by Crippen LogP contribution is 2.18. The molecular weight excluding hydrogens is 320 g/mol. The average molecular weight is 335 g/mol. The Bertz CT molecular complexity index is 603. The first-order valence-corrected chi connectivity index (χ1v) is 7.12. The van der Waals surface area contributed by atoms with Crippen molar-refractivity contribution < 1.29 is 4.79 Å². The number of benzene rings is 1. The van der Waals surface area contributed by atoms with Crippen LogP contribution < -0.4 is 10.6 Å². The quantitative estimate of drug-likeness (QED) is 0.881. The largest absolute Gasteiger partial charge is 0.351 e. The molecular formula is C14H15BrN4O. The molecule has 6 heteroatoms. The Morgan fingerprint density at radius 3 is 2.95 bits per heavy atom.